The summed E-state index contributed by atoms with van der Waals surface area (Å²) < 4.78 is 6.45. The molecule has 5 heteroatoms. The Kier molecular flexibility index (Phi) is 4.49. The highest BCUT2D eigenvalue weighted by atomic mass is 16.5. The lowest BCUT2D eigenvalue weighted by molar-refractivity contribution is -0.145. The van der Waals surface area contributed by atoms with Crippen LogP contribution in [0, 0.1) is 5.92 Å². The van der Waals surface area contributed by atoms with Crippen molar-refractivity contribution in [2.45, 2.75) is 13.5 Å². The van der Waals surface area contributed by atoms with Gasteiger partial charge in [-0.1, -0.05) is 6.92 Å². The molecule has 90 valence electrons. The molecule has 1 aromatic heterocycles. The summed E-state index contributed by atoms with van der Waals surface area (Å²) in [5, 5.41) is 4.28. The Bertz CT molecular complexity index is 349. The Morgan fingerprint density at radius 1 is 1.69 bits per heavy atom. The monoisotopic (exact) mass is 225 g/mol. The van der Waals surface area contributed by atoms with Gasteiger partial charge in [0.15, 0.2) is 0 Å². The van der Waals surface area contributed by atoms with Crippen molar-refractivity contribution in [1.82, 2.24) is 14.7 Å². The normalized spacial score (nSPS) is 12.8. The van der Waals surface area contributed by atoms with Gasteiger partial charge in [0, 0.05) is 26.3 Å². The number of carbonyl (C=O) groups is 1. The summed E-state index contributed by atoms with van der Waals surface area (Å²) in [5.41, 5.74) is 1.00. The molecule has 0 N–H and O–H groups in total. The minimum absolute atomic E-state index is 0.112. The summed E-state index contributed by atoms with van der Waals surface area (Å²) in [6.07, 6.45) is 1.91. The van der Waals surface area contributed by atoms with Gasteiger partial charge < -0.3 is 4.74 Å². The van der Waals surface area contributed by atoms with Crippen molar-refractivity contribution in [2.75, 3.05) is 20.7 Å². The van der Waals surface area contributed by atoms with Gasteiger partial charge in [-0.15, -0.1) is 0 Å². The maximum Gasteiger partial charge on any atom is 0.309 e. The van der Waals surface area contributed by atoms with E-state index in [0.717, 1.165) is 12.2 Å². The van der Waals surface area contributed by atoms with Crippen LogP contribution in [0.25, 0.3) is 0 Å². The summed E-state index contributed by atoms with van der Waals surface area (Å²) in [6, 6.07) is 1.97. The summed E-state index contributed by atoms with van der Waals surface area (Å²) in [7, 11) is 5.27. The van der Waals surface area contributed by atoms with Crippen molar-refractivity contribution >= 4 is 5.97 Å². The fraction of sp³-hybridized carbons (Fsp3) is 0.636. The van der Waals surface area contributed by atoms with Gasteiger partial charge in [-0.25, -0.2) is 0 Å². The molecular formula is C11H19N3O2. The van der Waals surface area contributed by atoms with Crippen LogP contribution in [-0.4, -0.2) is 41.4 Å². The van der Waals surface area contributed by atoms with Gasteiger partial charge in [-0.3, -0.25) is 14.4 Å². The summed E-state index contributed by atoms with van der Waals surface area (Å²) in [6.45, 7) is 3.27. The van der Waals surface area contributed by atoms with Crippen molar-refractivity contribution in [2.24, 2.45) is 13.0 Å². The average Bonchev–Trinajstić information content (AvgIpc) is 2.62. The van der Waals surface area contributed by atoms with Crippen LogP contribution in [0.15, 0.2) is 12.3 Å². The van der Waals surface area contributed by atoms with Gasteiger partial charge in [0.2, 0.25) is 0 Å². The molecule has 0 spiro atoms. The molecule has 1 aromatic rings. The van der Waals surface area contributed by atoms with Gasteiger partial charge in [0.05, 0.1) is 18.7 Å². The third-order valence-electron chi connectivity index (χ3n) is 2.39. The Morgan fingerprint density at radius 3 is 2.88 bits per heavy atom. The molecule has 0 aliphatic heterocycles. The number of nitrogens with zero attached hydrogens (tertiary/aromatic N) is 3. The molecule has 1 heterocycles. The first-order chi connectivity index (χ1) is 7.52. The maximum atomic E-state index is 11.2. The number of aromatic nitrogens is 2. The molecule has 0 aliphatic carbocycles. The molecule has 1 atom stereocenters. The van der Waals surface area contributed by atoms with Crippen LogP contribution in [0.1, 0.15) is 12.6 Å². The lowest BCUT2D eigenvalue weighted by atomic mass is 10.2. The number of esters is 1. The van der Waals surface area contributed by atoms with Crippen molar-refractivity contribution in [3.8, 4) is 0 Å². The van der Waals surface area contributed by atoms with Crippen molar-refractivity contribution in [3.63, 3.8) is 0 Å². The van der Waals surface area contributed by atoms with E-state index in [9.17, 15) is 4.79 Å². The minimum Gasteiger partial charge on any atom is -0.469 e. The smallest absolute Gasteiger partial charge is 0.309 e. The first-order valence-corrected chi connectivity index (χ1v) is 5.28. The highest BCUT2D eigenvalue weighted by molar-refractivity contribution is 5.71. The van der Waals surface area contributed by atoms with E-state index in [0.29, 0.717) is 6.54 Å². The van der Waals surface area contributed by atoms with Crippen LogP contribution in [0.4, 0.5) is 0 Å². The van der Waals surface area contributed by atoms with E-state index in [-0.39, 0.29) is 11.9 Å². The van der Waals surface area contributed by atoms with Gasteiger partial charge in [-0.05, 0) is 13.1 Å². The van der Waals surface area contributed by atoms with Crippen LogP contribution in [0.2, 0.25) is 0 Å². The summed E-state index contributed by atoms with van der Waals surface area (Å²) >= 11 is 0. The van der Waals surface area contributed by atoms with E-state index in [1.807, 2.05) is 33.3 Å². The van der Waals surface area contributed by atoms with E-state index in [1.54, 1.807) is 4.68 Å². The lowest BCUT2D eigenvalue weighted by Gasteiger charge is -2.18. The van der Waals surface area contributed by atoms with Gasteiger partial charge in [0.1, 0.15) is 0 Å². The standard InChI is InChI=1S/C11H19N3O2/c1-9(11(15)16-4)7-13(2)8-10-5-6-14(3)12-10/h5-6,9H,7-8H2,1-4H3. The fourth-order valence-corrected chi connectivity index (χ4v) is 1.63. The number of rotatable bonds is 5. The average molecular weight is 225 g/mol. The molecule has 0 saturated heterocycles. The summed E-state index contributed by atoms with van der Waals surface area (Å²) in [4.78, 5) is 13.3. The molecule has 5 nitrogen and oxygen atoms in total. The minimum atomic E-state index is -0.173. The van der Waals surface area contributed by atoms with Crippen molar-refractivity contribution in [3.05, 3.63) is 18.0 Å². The van der Waals surface area contributed by atoms with Crippen LogP contribution < -0.4 is 0 Å². The van der Waals surface area contributed by atoms with Gasteiger partial charge in [0.25, 0.3) is 0 Å². The zero-order chi connectivity index (χ0) is 12.1. The van der Waals surface area contributed by atoms with E-state index in [4.69, 9.17) is 0 Å². The zero-order valence-electron chi connectivity index (χ0n) is 10.3. The highest BCUT2D eigenvalue weighted by Gasteiger charge is 2.15. The number of carbonyl (C=O) groups excluding carboxylic acids is 1. The van der Waals surface area contributed by atoms with E-state index < -0.39 is 0 Å². The van der Waals surface area contributed by atoms with Gasteiger partial charge in [-0.2, -0.15) is 5.10 Å². The Labute approximate surface area is 96.0 Å². The number of ether oxygens (including phenoxy) is 1. The predicted molar refractivity (Wildman–Crippen MR) is 60.7 cm³/mol. The van der Waals surface area contributed by atoms with Crippen molar-refractivity contribution in [1.29, 1.82) is 0 Å². The molecular weight excluding hydrogens is 206 g/mol. The summed E-state index contributed by atoms with van der Waals surface area (Å²) in [5.74, 6) is -0.286. The largest absolute Gasteiger partial charge is 0.469 e. The van der Waals surface area contributed by atoms with E-state index in [2.05, 4.69) is 14.7 Å². The van der Waals surface area contributed by atoms with Crippen LogP contribution in [0.3, 0.4) is 0 Å². The molecule has 0 radical (unpaired) electrons. The topological polar surface area (TPSA) is 47.4 Å². The number of hydrogen-bond acceptors (Lipinski definition) is 4. The lowest BCUT2D eigenvalue weighted by Crippen LogP contribution is -2.29. The van der Waals surface area contributed by atoms with Crippen LogP contribution >= 0.6 is 0 Å². The second kappa shape index (κ2) is 5.65. The third-order valence-corrected chi connectivity index (χ3v) is 2.39. The highest BCUT2D eigenvalue weighted by Crippen LogP contribution is 2.04. The first kappa shape index (κ1) is 12.7. The Morgan fingerprint density at radius 2 is 2.38 bits per heavy atom. The Hall–Kier alpha value is -1.36. The van der Waals surface area contributed by atoms with Gasteiger partial charge >= 0.3 is 5.97 Å². The molecule has 0 saturated carbocycles. The molecule has 16 heavy (non-hydrogen) atoms. The molecule has 1 unspecified atom stereocenters. The molecule has 0 aliphatic rings. The molecule has 1 rings (SSSR count). The Balaban J connectivity index is 2.41. The molecule has 0 aromatic carbocycles. The second-order valence-electron chi connectivity index (χ2n) is 4.10. The second-order valence-corrected chi connectivity index (χ2v) is 4.10. The fourth-order valence-electron chi connectivity index (χ4n) is 1.63. The predicted octanol–water partition coefficient (Wildman–Crippen LogP) is 0.661. The molecule has 0 fully saturated rings. The SMILES string of the molecule is COC(=O)C(C)CN(C)Cc1ccn(C)n1. The van der Waals surface area contributed by atoms with Crippen LogP contribution in [0.5, 0.6) is 0 Å². The molecule has 0 bridgehead atoms. The van der Waals surface area contributed by atoms with E-state index in [1.165, 1.54) is 7.11 Å². The third kappa shape index (κ3) is 3.66. The zero-order valence-corrected chi connectivity index (χ0v) is 10.3. The molecule has 0 amide bonds. The van der Waals surface area contributed by atoms with Crippen molar-refractivity contribution < 1.29 is 9.53 Å². The number of methoxy groups -OCH3 is 1. The number of aryl methyl sites for hydroxylation is 1. The van der Waals surface area contributed by atoms with Crippen LogP contribution in [-0.2, 0) is 23.1 Å². The van der Waals surface area contributed by atoms with E-state index >= 15 is 0 Å². The quantitative estimate of drug-likeness (QED) is 0.691. The number of hydrogen-bond donors (Lipinski definition) is 0. The first-order valence-electron chi connectivity index (χ1n) is 5.28. The maximum absolute atomic E-state index is 11.2.